The van der Waals surface area contributed by atoms with Crippen molar-refractivity contribution in [2.75, 3.05) is 36.8 Å². The van der Waals surface area contributed by atoms with E-state index in [1.54, 1.807) is 0 Å². The van der Waals surface area contributed by atoms with Crippen molar-refractivity contribution < 1.29 is 13.2 Å². The van der Waals surface area contributed by atoms with Gasteiger partial charge in [-0.3, -0.25) is 0 Å². The second-order valence-electron chi connectivity index (χ2n) is 9.66. The molecule has 0 bridgehead atoms. The van der Waals surface area contributed by atoms with Crippen LogP contribution in [0.25, 0.3) is 0 Å². The number of rotatable bonds is 4. The van der Waals surface area contributed by atoms with Crippen LogP contribution < -0.4 is 4.90 Å². The maximum atomic E-state index is 12.7. The molecule has 3 saturated carbocycles. The number of nitrogens with zero attached hydrogens (tertiary/aromatic N) is 3. The molecule has 3 nitrogen and oxygen atoms in total. The van der Waals surface area contributed by atoms with E-state index in [1.807, 2.05) is 11.9 Å². The molecule has 0 radical (unpaired) electrons. The number of hydrogen-bond acceptors (Lipinski definition) is 4. The van der Waals surface area contributed by atoms with Crippen molar-refractivity contribution in [3.63, 3.8) is 0 Å². The lowest BCUT2D eigenvalue weighted by atomic mass is 9.55. The lowest BCUT2D eigenvalue weighted by Crippen LogP contribution is -2.48. The highest BCUT2D eigenvalue weighted by Gasteiger charge is 2.84. The first-order valence-electron chi connectivity index (χ1n) is 10.4. The zero-order chi connectivity index (χ0) is 19.8. The zero-order valence-corrected chi connectivity index (χ0v) is 17.4. The predicted molar refractivity (Wildman–Crippen MR) is 106 cm³/mol. The number of alkyl halides is 3. The molecule has 4 fully saturated rings. The van der Waals surface area contributed by atoms with E-state index in [-0.39, 0.29) is 0 Å². The number of anilines is 1. The Morgan fingerprint density at radius 1 is 1.11 bits per heavy atom. The van der Waals surface area contributed by atoms with Gasteiger partial charge in [0.2, 0.25) is 0 Å². The molecule has 0 N–H and O–H groups in total. The summed E-state index contributed by atoms with van der Waals surface area (Å²) >= 11 is 2.01. The summed E-state index contributed by atoms with van der Waals surface area (Å²) in [5, 5.41) is 0. The lowest BCUT2D eigenvalue weighted by Gasteiger charge is -2.52. The Kier molecular flexibility index (Phi) is 4.10. The van der Waals surface area contributed by atoms with Crippen LogP contribution in [0.3, 0.4) is 0 Å². The summed E-state index contributed by atoms with van der Waals surface area (Å²) in [6, 6.07) is 2.63. The van der Waals surface area contributed by atoms with Crippen LogP contribution in [-0.4, -0.2) is 41.2 Å². The van der Waals surface area contributed by atoms with Gasteiger partial charge >= 0.3 is 6.18 Å². The predicted octanol–water partition coefficient (Wildman–Crippen LogP) is 5.09. The number of halogens is 3. The van der Waals surface area contributed by atoms with Crippen LogP contribution in [0.5, 0.6) is 0 Å². The molecule has 0 amide bonds. The summed E-state index contributed by atoms with van der Waals surface area (Å²) in [5.41, 5.74) is 1.07. The van der Waals surface area contributed by atoms with E-state index in [4.69, 9.17) is 0 Å². The van der Waals surface area contributed by atoms with Crippen LogP contribution in [0.2, 0.25) is 0 Å². The van der Waals surface area contributed by atoms with E-state index in [0.29, 0.717) is 22.1 Å². The van der Waals surface area contributed by atoms with Crippen LogP contribution in [-0.2, 0) is 6.18 Å². The average molecular weight is 412 g/mol. The second kappa shape index (κ2) is 6.03. The van der Waals surface area contributed by atoms with Gasteiger partial charge in [-0.1, -0.05) is 25.8 Å². The molecule has 28 heavy (non-hydrogen) atoms. The smallest absolute Gasteiger partial charge is 0.354 e. The topological polar surface area (TPSA) is 19.4 Å². The third-order valence-corrected chi connectivity index (χ3v) is 9.96. The number of aromatic nitrogens is 1. The van der Waals surface area contributed by atoms with E-state index < -0.39 is 11.7 Å². The first-order valence-corrected chi connectivity index (χ1v) is 11.3. The average Bonchev–Trinajstić information content (AvgIpc) is 3.08. The van der Waals surface area contributed by atoms with Crippen molar-refractivity contribution in [1.29, 1.82) is 0 Å². The molecule has 3 unspecified atom stereocenters. The van der Waals surface area contributed by atoms with Gasteiger partial charge in [0.25, 0.3) is 0 Å². The summed E-state index contributed by atoms with van der Waals surface area (Å²) in [7, 11) is 0. The van der Waals surface area contributed by atoms with E-state index in [0.717, 1.165) is 44.4 Å². The van der Waals surface area contributed by atoms with E-state index in [2.05, 4.69) is 28.0 Å². The summed E-state index contributed by atoms with van der Waals surface area (Å²) in [6.07, 6.45) is 2.27. The summed E-state index contributed by atoms with van der Waals surface area (Å²) in [4.78, 5) is 6.14. The zero-order valence-electron chi connectivity index (χ0n) is 16.6. The van der Waals surface area contributed by atoms with Crippen LogP contribution in [0.4, 0.5) is 19.0 Å². The second-order valence-corrected chi connectivity index (χ2v) is 10.7. The fourth-order valence-electron chi connectivity index (χ4n) is 6.91. The van der Waals surface area contributed by atoms with Gasteiger partial charge < -0.3 is 4.90 Å². The molecule has 4 aliphatic rings. The Balaban J connectivity index is 1.15. The highest BCUT2D eigenvalue weighted by atomic mass is 32.2. The van der Waals surface area contributed by atoms with E-state index in [1.165, 1.54) is 37.5 Å². The Morgan fingerprint density at radius 3 is 2.39 bits per heavy atom. The molecule has 3 aliphatic carbocycles. The van der Waals surface area contributed by atoms with Gasteiger partial charge in [0.05, 0.1) is 5.56 Å². The van der Waals surface area contributed by atoms with Crippen molar-refractivity contribution in [3.8, 4) is 0 Å². The van der Waals surface area contributed by atoms with Crippen LogP contribution >= 0.6 is 11.9 Å². The monoisotopic (exact) mass is 411 g/mol. The van der Waals surface area contributed by atoms with Crippen molar-refractivity contribution >= 4 is 17.8 Å². The van der Waals surface area contributed by atoms with Crippen molar-refractivity contribution in [2.24, 2.45) is 22.2 Å². The van der Waals surface area contributed by atoms with E-state index >= 15 is 0 Å². The molecule has 3 atom stereocenters. The van der Waals surface area contributed by atoms with Gasteiger partial charge in [-0.2, -0.15) is 13.2 Å². The third kappa shape index (κ3) is 2.51. The maximum absolute atomic E-state index is 12.7. The molecule has 1 aromatic rings. The fraction of sp³-hybridized carbons (Fsp3) is 0.762. The quantitative estimate of drug-likeness (QED) is 0.643. The van der Waals surface area contributed by atoms with Crippen molar-refractivity contribution in [2.45, 2.75) is 45.7 Å². The van der Waals surface area contributed by atoms with Gasteiger partial charge in [-0.05, 0) is 60.0 Å². The molecule has 2 heterocycles. The Labute approximate surface area is 169 Å². The van der Waals surface area contributed by atoms with Gasteiger partial charge in [0.15, 0.2) is 0 Å². The van der Waals surface area contributed by atoms with Gasteiger partial charge in [0.1, 0.15) is 5.82 Å². The first-order chi connectivity index (χ1) is 13.2. The van der Waals surface area contributed by atoms with Gasteiger partial charge in [-0.25, -0.2) is 9.29 Å². The Hall–Kier alpha value is -0.950. The van der Waals surface area contributed by atoms with Crippen LogP contribution in [0.1, 0.15) is 45.1 Å². The molecule has 7 heteroatoms. The summed E-state index contributed by atoms with van der Waals surface area (Å²) in [5.74, 6) is 2.84. The Morgan fingerprint density at radius 2 is 1.86 bits per heavy atom. The highest BCUT2D eigenvalue weighted by molar-refractivity contribution is 7.97. The molecule has 5 rings (SSSR count). The molecular formula is C21H28F3N3S. The first kappa shape index (κ1) is 19.0. The van der Waals surface area contributed by atoms with Gasteiger partial charge in [0, 0.05) is 38.1 Å². The minimum atomic E-state index is -4.32. The maximum Gasteiger partial charge on any atom is 0.417 e. The van der Waals surface area contributed by atoms with Crippen molar-refractivity contribution in [1.82, 2.24) is 9.29 Å². The normalized spacial score (nSPS) is 36.6. The number of pyridine rings is 1. The molecule has 0 aromatic carbocycles. The largest absolute Gasteiger partial charge is 0.417 e. The number of hydrogen-bond donors (Lipinski definition) is 0. The standard InChI is InChI=1S/C21H28F3N3S/c1-18(2)16-5-6-19(7-8-20(16,18)19)14-28-27-11-9-26(10-12-27)17-4-3-15(13-25-17)21(22,23)24/h3-4,13,16H,5-12,14H2,1-2H3. The Bertz CT molecular complexity index is 757. The minimum Gasteiger partial charge on any atom is -0.354 e. The summed E-state index contributed by atoms with van der Waals surface area (Å²) in [6.45, 7) is 8.46. The lowest BCUT2D eigenvalue weighted by molar-refractivity contribution is -0.137. The third-order valence-electron chi connectivity index (χ3n) is 8.55. The highest BCUT2D eigenvalue weighted by Crippen LogP contribution is 2.90. The van der Waals surface area contributed by atoms with E-state index in [9.17, 15) is 13.2 Å². The van der Waals surface area contributed by atoms with Crippen LogP contribution in [0, 0.1) is 22.2 Å². The molecule has 1 spiro atoms. The molecular weight excluding hydrogens is 383 g/mol. The molecule has 154 valence electrons. The fourth-order valence-corrected chi connectivity index (χ4v) is 8.31. The van der Waals surface area contributed by atoms with Gasteiger partial charge in [-0.15, -0.1) is 0 Å². The SMILES string of the molecule is CC1(C)C2CCC3(CSN4CCN(c5ccc(C(F)(F)F)cn5)CC4)CCC231. The minimum absolute atomic E-state index is 0.553. The molecule has 1 aliphatic heterocycles. The van der Waals surface area contributed by atoms with Crippen LogP contribution in [0.15, 0.2) is 18.3 Å². The number of piperazine rings is 1. The molecule has 1 aromatic heterocycles. The summed E-state index contributed by atoms with van der Waals surface area (Å²) < 4.78 is 40.6. The molecule has 1 saturated heterocycles. The van der Waals surface area contributed by atoms with Crippen molar-refractivity contribution in [3.05, 3.63) is 23.9 Å².